The average molecular weight is 701 g/mol. The van der Waals surface area contributed by atoms with Gasteiger partial charge in [-0.15, -0.1) is 0 Å². The van der Waals surface area contributed by atoms with Gasteiger partial charge in [-0.05, 0) is 93.4 Å². The molecule has 1 amide bonds. The second-order valence-electron chi connectivity index (χ2n) is 15.9. The molecule has 2 aromatic carbocycles. The lowest BCUT2D eigenvalue weighted by Crippen LogP contribution is -2.61. The van der Waals surface area contributed by atoms with E-state index in [2.05, 4.69) is 44.6 Å². The first-order valence-electron chi connectivity index (χ1n) is 18.0. The van der Waals surface area contributed by atoms with Crippen molar-refractivity contribution in [2.24, 2.45) is 10.8 Å². The monoisotopic (exact) mass is 700 g/mol. The number of nitrogens with one attached hydrogen (secondary N) is 1. The van der Waals surface area contributed by atoms with Gasteiger partial charge in [-0.1, -0.05) is 12.6 Å². The molecule has 4 aliphatic heterocycles. The Labute approximate surface area is 294 Å². The number of benzene rings is 2. The minimum Gasteiger partial charge on any atom is -0.481 e. The molecule has 4 aromatic rings. The van der Waals surface area contributed by atoms with Crippen LogP contribution in [0.1, 0.15) is 49.1 Å². The zero-order valence-corrected chi connectivity index (χ0v) is 29.2. The summed E-state index contributed by atoms with van der Waals surface area (Å²) in [6, 6.07) is 6.07. The number of rotatable bonds is 7. The third kappa shape index (κ3) is 5.59. The Bertz CT molecular complexity index is 2050. The van der Waals surface area contributed by atoms with Crippen LogP contribution in [0.4, 0.5) is 24.9 Å². The van der Waals surface area contributed by atoms with E-state index in [9.17, 15) is 18.0 Å². The van der Waals surface area contributed by atoms with E-state index >= 15 is 0 Å². The number of H-pyrrole nitrogens is 1. The Hall–Kier alpha value is -4.39. The highest BCUT2D eigenvalue weighted by atomic mass is 19.4. The summed E-state index contributed by atoms with van der Waals surface area (Å²) < 4.78 is 48.2. The van der Waals surface area contributed by atoms with Gasteiger partial charge in [0.1, 0.15) is 11.3 Å². The van der Waals surface area contributed by atoms with Crippen molar-refractivity contribution in [1.29, 1.82) is 0 Å². The van der Waals surface area contributed by atoms with Crippen LogP contribution in [0.3, 0.4) is 0 Å². The fraction of sp³-hybridized carbons (Fsp3) is 0.526. The summed E-state index contributed by atoms with van der Waals surface area (Å²) in [7, 11) is 2.14. The van der Waals surface area contributed by atoms with Gasteiger partial charge in [0.25, 0.3) is 0 Å². The number of ether oxygens (including phenoxy) is 1. The van der Waals surface area contributed by atoms with Crippen LogP contribution in [0.25, 0.3) is 32.9 Å². The molecule has 0 radical (unpaired) electrons. The Morgan fingerprint density at radius 2 is 1.75 bits per heavy atom. The normalized spacial score (nSPS) is 21.5. The summed E-state index contributed by atoms with van der Waals surface area (Å²) in [4.78, 5) is 31.3. The lowest BCUT2D eigenvalue weighted by molar-refractivity contribution is -0.153. The number of halogens is 3. The standard InChI is InChI=1S/C38H43F3N8O2/c1-4-29(50)48-18-36(19-48)10-13-47(14-11-36)34-26-15-25(24-6-7-24)31(30-23(2)5-8-28-27(30)16-42-45-28)33(51-22-38(39,40)41)32(26)43-35(44-34)49-20-37(21-49)9-12-46(3)17-37/h4-5,8,15-16,24H,1,6-7,9-14,17-22H2,2-3H3,(H,42,45). The van der Waals surface area contributed by atoms with Crippen LogP contribution in [0.2, 0.25) is 0 Å². The number of carbonyl (C=O) groups is 1. The van der Waals surface area contributed by atoms with E-state index in [1.54, 1.807) is 6.20 Å². The molecule has 268 valence electrons. The number of carbonyl (C=O) groups excluding carboxylic acids is 1. The molecule has 5 fully saturated rings. The molecule has 2 spiro atoms. The van der Waals surface area contributed by atoms with Crippen LogP contribution in [0.15, 0.2) is 37.1 Å². The molecule has 13 heteroatoms. The first-order chi connectivity index (χ1) is 24.4. The van der Waals surface area contributed by atoms with Crippen LogP contribution in [-0.4, -0.2) is 108 Å². The van der Waals surface area contributed by atoms with Crippen molar-refractivity contribution >= 4 is 39.5 Å². The number of fused-ring (bicyclic) bond motifs is 2. The van der Waals surface area contributed by atoms with Gasteiger partial charge in [-0.25, -0.2) is 4.98 Å². The molecule has 4 saturated heterocycles. The lowest BCUT2D eigenvalue weighted by Gasteiger charge is -2.54. The van der Waals surface area contributed by atoms with Crippen LogP contribution in [-0.2, 0) is 4.79 Å². The number of likely N-dealkylation sites (tertiary alicyclic amines) is 2. The maximum Gasteiger partial charge on any atom is 0.422 e. The Morgan fingerprint density at radius 1 is 1.00 bits per heavy atom. The fourth-order valence-corrected chi connectivity index (χ4v) is 9.22. The number of piperidine rings is 1. The summed E-state index contributed by atoms with van der Waals surface area (Å²) >= 11 is 0. The molecule has 10 nitrogen and oxygen atoms in total. The van der Waals surface area contributed by atoms with Crippen molar-refractivity contribution in [3.05, 3.63) is 48.2 Å². The maximum absolute atomic E-state index is 14.1. The quantitative estimate of drug-likeness (QED) is 0.233. The van der Waals surface area contributed by atoms with Crippen molar-refractivity contribution in [2.75, 3.05) is 75.8 Å². The predicted octanol–water partition coefficient (Wildman–Crippen LogP) is 6.06. The molecule has 6 heterocycles. The van der Waals surface area contributed by atoms with Gasteiger partial charge in [0.15, 0.2) is 12.4 Å². The zero-order chi connectivity index (χ0) is 35.3. The number of amides is 1. The van der Waals surface area contributed by atoms with E-state index in [-0.39, 0.29) is 28.4 Å². The second kappa shape index (κ2) is 11.6. The number of anilines is 2. The number of aromatic amines is 1. The second-order valence-corrected chi connectivity index (χ2v) is 15.9. The van der Waals surface area contributed by atoms with Crippen molar-refractivity contribution in [3.8, 4) is 16.9 Å². The fourth-order valence-electron chi connectivity index (χ4n) is 9.22. The molecule has 2 aromatic heterocycles. The highest BCUT2D eigenvalue weighted by Gasteiger charge is 2.49. The SMILES string of the molecule is C=CC(=O)N1CC2(CCN(c3nc(N4CC5(CCN(C)C5)C4)nc4c(OCC(F)(F)F)c(-c5c(C)ccc6[nH]ncc56)c(C5CC5)cc34)CC2)C1. The molecule has 9 rings (SSSR count). The Kier molecular flexibility index (Phi) is 7.37. The van der Waals surface area contributed by atoms with Gasteiger partial charge >= 0.3 is 6.18 Å². The summed E-state index contributed by atoms with van der Waals surface area (Å²) in [5.41, 5.74) is 4.85. The van der Waals surface area contributed by atoms with E-state index in [0.29, 0.717) is 17.0 Å². The summed E-state index contributed by atoms with van der Waals surface area (Å²) in [5.74, 6) is 1.59. The zero-order valence-electron chi connectivity index (χ0n) is 29.2. The number of aryl methyl sites for hydroxylation is 1. The first kappa shape index (κ1) is 32.5. The molecular weight excluding hydrogens is 657 g/mol. The number of hydrogen-bond acceptors (Lipinski definition) is 8. The molecule has 0 bridgehead atoms. The van der Waals surface area contributed by atoms with Crippen LogP contribution < -0.4 is 14.5 Å². The van der Waals surface area contributed by atoms with E-state index < -0.39 is 12.8 Å². The van der Waals surface area contributed by atoms with E-state index in [0.717, 1.165) is 123 Å². The molecule has 1 aliphatic carbocycles. The molecule has 1 N–H and O–H groups in total. The van der Waals surface area contributed by atoms with Crippen molar-refractivity contribution < 1.29 is 22.7 Å². The topological polar surface area (TPSA) is 93.7 Å². The molecule has 0 unspecified atom stereocenters. The highest BCUT2D eigenvalue weighted by molar-refractivity contribution is 6.06. The molecule has 0 atom stereocenters. The summed E-state index contributed by atoms with van der Waals surface area (Å²) in [5, 5.41) is 8.90. The number of alkyl halides is 3. The summed E-state index contributed by atoms with van der Waals surface area (Å²) in [6.45, 7) is 10.7. The van der Waals surface area contributed by atoms with Gasteiger partial charge in [-0.2, -0.15) is 23.3 Å². The van der Waals surface area contributed by atoms with E-state index in [1.807, 2.05) is 24.0 Å². The smallest absolute Gasteiger partial charge is 0.422 e. The number of nitrogens with zero attached hydrogens (tertiary/aromatic N) is 7. The van der Waals surface area contributed by atoms with E-state index in [4.69, 9.17) is 14.7 Å². The van der Waals surface area contributed by atoms with E-state index in [1.165, 1.54) is 6.08 Å². The average Bonchev–Trinajstić information content (AvgIpc) is 3.68. The molecular formula is C38H43F3N8O2. The predicted molar refractivity (Wildman–Crippen MR) is 190 cm³/mol. The van der Waals surface area contributed by atoms with Gasteiger partial charge in [0.05, 0.1) is 11.7 Å². The van der Waals surface area contributed by atoms with Gasteiger partial charge in [0, 0.05) is 73.0 Å². The maximum atomic E-state index is 14.1. The molecule has 51 heavy (non-hydrogen) atoms. The van der Waals surface area contributed by atoms with Crippen molar-refractivity contribution in [1.82, 2.24) is 30.0 Å². The number of hydrogen-bond donors (Lipinski definition) is 1. The van der Waals surface area contributed by atoms with Crippen LogP contribution >= 0.6 is 0 Å². The number of aromatic nitrogens is 4. The van der Waals surface area contributed by atoms with Crippen molar-refractivity contribution in [3.63, 3.8) is 0 Å². The largest absolute Gasteiger partial charge is 0.481 e. The molecule has 1 saturated carbocycles. The summed E-state index contributed by atoms with van der Waals surface area (Å²) in [6.07, 6.45) is 3.35. The Morgan fingerprint density at radius 3 is 2.41 bits per heavy atom. The third-order valence-electron chi connectivity index (χ3n) is 12.1. The Balaban J connectivity index is 1.20. The van der Waals surface area contributed by atoms with Crippen molar-refractivity contribution in [2.45, 2.75) is 51.1 Å². The molecule has 5 aliphatic rings. The van der Waals surface area contributed by atoms with Gasteiger partial charge < -0.3 is 24.3 Å². The van der Waals surface area contributed by atoms with Crippen LogP contribution in [0, 0.1) is 17.8 Å². The van der Waals surface area contributed by atoms with Crippen LogP contribution in [0.5, 0.6) is 5.75 Å². The van der Waals surface area contributed by atoms with Gasteiger partial charge in [-0.3, -0.25) is 9.89 Å². The lowest BCUT2D eigenvalue weighted by atomic mass is 9.72. The highest BCUT2D eigenvalue weighted by Crippen LogP contribution is 2.54. The third-order valence-corrected chi connectivity index (χ3v) is 12.1. The minimum atomic E-state index is -4.54. The van der Waals surface area contributed by atoms with Gasteiger partial charge in [0.2, 0.25) is 11.9 Å². The minimum absolute atomic E-state index is 0.0357. The first-order valence-corrected chi connectivity index (χ1v) is 18.0.